The van der Waals surface area contributed by atoms with Gasteiger partial charge in [-0.15, -0.1) is 0 Å². The number of hydrogen-bond donors (Lipinski definition) is 2. The van der Waals surface area contributed by atoms with E-state index in [9.17, 15) is 14.3 Å². The smallest absolute Gasteiger partial charge is 0.253 e. The molecule has 1 fully saturated rings. The fourth-order valence-electron chi connectivity index (χ4n) is 3.08. The van der Waals surface area contributed by atoms with E-state index in [-0.39, 0.29) is 18.3 Å². The zero-order valence-electron chi connectivity index (χ0n) is 14.1. The first-order chi connectivity index (χ1) is 12.2. The third kappa shape index (κ3) is 4.57. The maximum Gasteiger partial charge on any atom is 0.253 e. The molecule has 0 bridgehead atoms. The molecule has 1 saturated heterocycles. The standard InChI is InChI=1S/C20H23FN2O2/c21-18-3-1-2-16(12-18)13-22-19-6-4-17(5-7-19)20(25)23-10-8-15(14-24)9-11-23/h1-7,12,15,22,24H,8-11,13-14H2. The van der Waals surface area contributed by atoms with E-state index in [2.05, 4.69) is 5.32 Å². The molecule has 0 radical (unpaired) electrons. The molecule has 1 aliphatic heterocycles. The molecule has 2 aromatic rings. The number of carbonyl (C=O) groups excluding carboxylic acids is 1. The summed E-state index contributed by atoms with van der Waals surface area (Å²) in [5.41, 5.74) is 2.42. The van der Waals surface area contributed by atoms with Gasteiger partial charge in [0.05, 0.1) is 0 Å². The molecule has 132 valence electrons. The lowest BCUT2D eigenvalue weighted by Crippen LogP contribution is -2.39. The van der Waals surface area contributed by atoms with Crippen LogP contribution in [-0.4, -0.2) is 35.6 Å². The third-order valence-electron chi connectivity index (χ3n) is 4.68. The zero-order valence-corrected chi connectivity index (χ0v) is 14.1. The quantitative estimate of drug-likeness (QED) is 0.877. The highest BCUT2D eigenvalue weighted by Crippen LogP contribution is 2.19. The first kappa shape index (κ1) is 17.4. The third-order valence-corrected chi connectivity index (χ3v) is 4.68. The predicted molar refractivity (Wildman–Crippen MR) is 95.9 cm³/mol. The molecule has 1 amide bonds. The fourth-order valence-corrected chi connectivity index (χ4v) is 3.08. The van der Waals surface area contributed by atoms with Crippen LogP contribution in [0.15, 0.2) is 48.5 Å². The highest BCUT2D eigenvalue weighted by atomic mass is 19.1. The summed E-state index contributed by atoms with van der Waals surface area (Å²) in [6.07, 6.45) is 1.71. The Balaban J connectivity index is 1.55. The lowest BCUT2D eigenvalue weighted by atomic mass is 9.97. The number of rotatable bonds is 5. The summed E-state index contributed by atoms with van der Waals surface area (Å²) >= 11 is 0. The molecule has 0 unspecified atom stereocenters. The molecule has 0 saturated carbocycles. The minimum atomic E-state index is -0.245. The van der Waals surface area contributed by atoms with Gasteiger partial charge in [0, 0.05) is 37.5 Å². The largest absolute Gasteiger partial charge is 0.396 e. The van der Waals surface area contributed by atoms with Crippen molar-refractivity contribution in [3.05, 3.63) is 65.5 Å². The topological polar surface area (TPSA) is 52.6 Å². The van der Waals surface area contributed by atoms with Crippen LogP contribution in [0.25, 0.3) is 0 Å². The maximum absolute atomic E-state index is 13.2. The molecule has 0 aliphatic carbocycles. The first-order valence-corrected chi connectivity index (χ1v) is 8.64. The van der Waals surface area contributed by atoms with Gasteiger partial charge in [0.25, 0.3) is 5.91 Å². The molecule has 1 aliphatic rings. The number of hydrogen-bond acceptors (Lipinski definition) is 3. The van der Waals surface area contributed by atoms with Gasteiger partial charge in [0.1, 0.15) is 5.82 Å². The van der Waals surface area contributed by atoms with Crippen LogP contribution >= 0.6 is 0 Å². The van der Waals surface area contributed by atoms with Crippen molar-refractivity contribution in [1.29, 1.82) is 0 Å². The average Bonchev–Trinajstić information content (AvgIpc) is 2.66. The van der Waals surface area contributed by atoms with Crippen LogP contribution in [0.2, 0.25) is 0 Å². The van der Waals surface area contributed by atoms with Gasteiger partial charge in [-0.2, -0.15) is 0 Å². The summed E-state index contributed by atoms with van der Waals surface area (Å²) in [4.78, 5) is 14.4. The molecule has 0 spiro atoms. The maximum atomic E-state index is 13.2. The molecule has 2 aromatic carbocycles. The number of amides is 1. The number of piperidine rings is 1. The van der Waals surface area contributed by atoms with Crippen LogP contribution in [0.5, 0.6) is 0 Å². The van der Waals surface area contributed by atoms with Crippen molar-refractivity contribution in [3.63, 3.8) is 0 Å². The van der Waals surface area contributed by atoms with Gasteiger partial charge in [-0.25, -0.2) is 4.39 Å². The highest BCUT2D eigenvalue weighted by molar-refractivity contribution is 5.94. The molecule has 1 heterocycles. The lowest BCUT2D eigenvalue weighted by Gasteiger charge is -2.31. The van der Waals surface area contributed by atoms with E-state index in [0.717, 1.165) is 24.1 Å². The Labute approximate surface area is 147 Å². The van der Waals surface area contributed by atoms with E-state index < -0.39 is 0 Å². The minimum Gasteiger partial charge on any atom is -0.396 e. The van der Waals surface area contributed by atoms with Crippen LogP contribution < -0.4 is 5.32 Å². The Morgan fingerprint density at radius 1 is 1.16 bits per heavy atom. The second-order valence-electron chi connectivity index (χ2n) is 6.48. The van der Waals surface area contributed by atoms with Gasteiger partial charge in [0.2, 0.25) is 0 Å². The summed E-state index contributed by atoms with van der Waals surface area (Å²) in [7, 11) is 0. The summed E-state index contributed by atoms with van der Waals surface area (Å²) in [6.45, 7) is 2.13. The van der Waals surface area contributed by atoms with Crippen LogP contribution in [0.3, 0.4) is 0 Å². The van der Waals surface area contributed by atoms with E-state index in [1.807, 2.05) is 35.2 Å². The van der Waals surface area contributed by atoms with E-state index in [1.165, 1.54) is 12.1 Å². The first-order valence-electron chi connectivity index (χ1n) is 8.64. The van der Waals surface area contributed by atoms with Gasteiger partial charge in [-0.1, -0.05) is 12.1 Å². The van der Waals surface area contributed by atoms with E-state index in [1.54, 1.807) is 6.07 Å². The Bertz CT molecular complexity index is 710. The lowest BCUT2D eigenvalue weighted by molar-refractivity contribution is 0.0651. The van der Waals surface area contributed by atoms with Gasteiger partial charge >= 0.3 is 0 Å². The molecule has 4 nitrogen and oxygen atoms in total. The summed E-state index contributed by atoms with van der Waals surface area (Å²) in [5, 5.41) is 12.4. The Morgan fingerprint density at radius 2 is 1.88 bits per heavy atom. The predicted octanol–water partition coefficient (Wildman–Crippen LogP) is 3.28. The van der Waals surface area contributed by atoms with Crippen LogP contribution in [0.1, 0.15) is 28.8 Å². The van der Waals surface area contributed by atoms with E-state index >= 15 is 0 Å². The number of nitrogens with zero attached hydrogens (tertiary/aromatic N) is 1. The van der Waals surface area contributed by atoms with Crippen molar-refractivity contribution < 1.29 is 14.3 Å². The second-order valence-corrected chi connectivity index (χ2v) is 6.48. The van der Waals surface area contributed by atoms with Crippen molar-refractivity contribution in [1.82, 2.24) is 4.90 Å². The summed E-state index contributed by atoms with van der Waals surface area (Å²) in [6, 6.07) is 13.8. The van der Waals surface area contributed by atoms with E-state index in [0.29, 0.717) is 31.1 Å². The molecule has 25 heavy (non-hydrogen) atoms. The molecule has 0 aromatic heterocycles. The number of benzene rings is 2. The van der Waals surface area contributed by atoms with Gasteiger partial charge < -0.3 is 15.3 Å². The monoisotopic (exact) mass is 342 g/mol. The van der Waals surface area contributed by atoms with Gasteiger partial charge in [-0.05, 0) is 60.7 Å². The van der Waals surface area contributed by atoms with Crippen molar-refractivity contribution >= 4 is 11.6 Å². The highest BCUT2D eigenvalue weighted by Gasteiger charge is 2.23. The van der Waals surface area contributed by atoms with Crippen molar-refractivity contribution in [2.75, 3.05) is 25.0 Å². The van der Waals surface area contributed by atoms with Gasteiger partial charge in [-0.3, -0.25) is 4.79 Å². The number of anilines is 1. The van der Waals surface area contributed by atoms with Crippen LogP contribution in [-0.2, 0) is 6.54 Å². The van der Waals surface area contributed by atoms with Crippen molar-refractivity contribution in [3.8, 4) is 0 Å². The molecule has 5 heteroatoms. The Kier molecular flexibility index (Phi) is 5.66. The van der Waals surface area contributed by atoms with Crippen LogP contribution in [0, 0.1) is 11.7 Å². The molecular weight excluding hydrogens is 319 g/mol. The summed E-state index contributed by atoms with van der Waals surface area (Å²) < 4.78 is 13.2. The number of carbonyl (C=O) groups is 1. The van der Waals surface area contributed by atoms with Crippen molar-refractivity contribution in [2.45, 2.75) is 19.4 Å². The zero-order chi connectivity index (χ0) is 17.6. The second kappa shape index (κ2) is 8.12. The summed E-state index contributed by atoms with van der Waals surface area (Å²) in [5.74, 6) is 0.108. The number of aliphatic hydroxyl groups excluding tert-OH is 1. The van der Waals surface area contributed by atoms with Gasteiger partial charge in [0.15, 0.2) is 0 Å². The number of likely N-dealkylation sites (tertiary alicyclic amines) is 1. The van der Waals surface area contributed by atoms with E-state index in [4.69, 9.17) is 0 Å². The molecular formula is C20H23FN2O2. The Morgan fingerprint density at radius 3 is 2.52 bits per heavy atom. The van der Waals surface area contributed by atoms with Crippen LogP contribution in [0.4, 0.5) is 10.1 Å². The molecule has 2 N–H and O–H groups in total. The minimum absolute atomic E-state index is 0.0353. The number of halogens is 1. The molecule has 3 rings (SSSR count). The Hall–Kier alpha value is -2.40. The normalized spacial score (nSPS) is 15.2. The average molecular weight is 342 g/mol. The fraction of sp³-hybridized carbons (Fsp3) is 0.350. The van der Waals surface area contributed by atoms with Crippen molar-refractivity contribution in [2.24, 2.45) is 5.92 Å². The number of nitrogens with one attached hydrogen (secondary N) is 1. The molecule has 0 atom stereocenters. The number of aliphatic hydroxyl groups is 1. The SMILES string of the molecule is O=C(c1ccc(NCc2cccc(F)c2)cc1)N1CCC(CO)CC1.